The molecule has 1 saturated carbocycles. The maximum atomic E-state index is 12.3. The average Bonchev–Trinajstić information content (AvgIpc) is 3.09. The number of amides is 1. The predicted octanol–water partition coefficient (Wildman–Crippen LogP) is 4.25. The Morgan fingerprint density at radius 3 is 2.58 bits per heavy atom. The number of rotatable bonds is 5. The SMILES string of the molecule is Cl.NCc1cc(C(=O)Nc2ccc(SC3CCCC3)cc2)ccn1. The van der Waals surface area contributed by atoms with Gasteiger partial charge < -0.3 is 11.1 Å². The summed E-state index contributed by atoms with van der Waals surface area (Å²) in [5.74, 6) is -0.140. The lowest BCUT2D eigenvalue weighted by atomic mass is 10.2. The van der Waals surface area contributed by atoms with Crippen LogP contribution in [-0.4, -0.2) is 16.1 Å². The number of aromatic nitrogens is 1. The van der Waals surface area contributed by atoms with Gasteiger partial charge in [-0.15, -0.1) is 24.2 Å². The van der Waals surface area contributed by atoms with Gasteiger partial charge in [-0.2, -0.15) is 0 Å². The Labute approximate surface area is 153 Å². The van der Waals surface area contributed by atoms with Gasteiger partial charge in [0.2, 0.25) is 0 Å². The molecule has 1 fully saturated rings. The molecule has 128 valence electrons. The topological polar surface area (TPSA) is 68.0 Å². The van der Waals surface area contributed by atoms with Crippen LogP contribution in [0.4, 0.5) is 5.69 Å². The molecule has 2 aromatic rings. The van der Waals surface area contributed by atoms with Crippen molar-refractivity contribution < 1.29 is 4.79 Å². The lowest BCUT2D eigenvalue weighted by Gasteiger charge is -2.10. The summed E-state index contributed by atoms with van der Waals surface area (Å²) in [5, 5.41) is 3.67. The average molecular weight is 364 g/mol. The summed E-state index contributed by atoms with van der Waals surface area (Å²) in [5.41, 5.74) is 7.64. The number of halogens is 1. The molecule has 1 aromatic heterocycles. The van der Waals surface area contributed by atoms with Crippen LogP contribution in [-0.2, 0) is 6.54 Å². The van der Waals surface area contributed by atoms with Gasteiger partial charge in [0.15, 0.2) is 0 Å². The molecule has 4 nitrogen and oxygen atoms in total. The second-order valence-corrected chi connectivity index (χ2v) is 7.12. The number of hydrogen-bond acceptors (Lipinski definition) is 4. The first-order chi connectivity index (χ1) is 11.2. The highest BCUT2D eigenvalue weighted by Crippen LogP contribution is 2.34. The fraction of sp³-hybridized carbons (Fsp3) is 0.333. The van der Waals surface area contributed by atoms with E-state index >= 15 is 0 Å². The van der Waals surface area contributed by atoms with E-state index in [0.29, 0.717) is 17.8 Å². The Balaban J connectivity index is 0.00000208. The van der Waals surface area contributed by atoms with Crippen LogP contribution in [0.2, 0.25) is 0 Å². The minimum atomic E-state index is -0.140. The highest BCUT2D eigenvalue weighted by molar-refractivity contribution is 8.00. The Bertz CT molecular complexity index is 672. The first-order valence-corrected chi connectivity index (χ1v) is 8.85. The van der Waals surface area contributed by atoms with Crippen LogP contribution in [0.5, 0.6) is 0 Å². The van der Waals surface area contributed by atoms with Crippen molar-refractivity contribution in [2.75, 3.05) is 5.32 Å². The molecule has 1 aromatic carbocycles. The van der Waals surface area contributed by atoms with Gasteiger partial charge in [0, 0.05) is 34.1 Å². The molecule has 24 heavy (non-hydrogen) atoms. The number of nitrogens with one attached hydrogen (secondary N) is 1. The van der Waals surface area contributed by atoms with Crippen LogP contribution in [0, 0.1) is 0 Å². The number of anilines is 1. The van der Waals surface area contributed by atoms with Gasteiger partial charge in [0.25, 0.3) is 5.91 Å². The molecular weight excluding hydrogens is 342 g/mol. The van der Waals surface area contributed by atoms with Gasteiger partial charge in [0.1, 0.15) is 0 Å². The van der Waals surface area contributed by atoms with Crippen LogP contribution in [0.25, 0.3) is 0 Å². The van der Waals surface area contributed by atoms with E-state index < -0.39 is 0 Å². The van der Waals surface area contributed by atoms with Crippen molar-refractivity contribution in [2.45, 2.75) is 42.4 Å². The van der Waals surface area contributed by atoms with Crippen molar-refractivity contribution in [2.24, 2.45) is 5.73 Å². The van der Waals surface area contributed by atoms with E-state index in [2.05, 4.69) is 22.4 Å². The number of carbonyl (C=O) groups excluding carboxylic acids is 1. The van der Waals surface area contributed by atoms with Gasteiger partial charge in [-0.25, -0.2) is 0 Å². The molecule has 1 aliphatic carbocycles. The molecule has 0 atom stereocenters. The molecule has 0 spiro atoms. The summed E-state index contributed by atoms with van der Waals surface area (Å²) in [7, 11) is 0. The summed E-state index contributed by atoms with van der Waals surface area (Å²) in [6.45, 7) is 0.328. The van der Waals surface area contributed by atoms with Crippen molar-refractivity contribution in [3.8, 4) is 0 Å². The Morgan fingerprint density at radius 1 is 1.21 bits per heavy atom. The van der Waals surface area contributed by atoms with Crippen molar-refractivity contribution >= 4 is 35.8 Å². The number of pyridine rings is 1. The highest BCUT2D eigenvalue weighted by atomic mass is 35.5. The zero-order chi connectivity index (χ0) is 16.1. The van der Waals surface area contributed by atoms with E-state index in [-0.39, 0.29) is 18.3 Å². The van der Waals surface area contributed by atoms with Gasteiger partial charge in [-0.05, 0) is 49.2 Å². The van der Waals surface area contributed by atoms with Crippen LogP contribution >= 0.6 is 24.2 Å². The molecule has 1 aliphatic rings. The van der Waals surface area contributed by atoms with E-state index in [0.717, 1.165) is 10.9 Å². The first-order valence-electron chi connectivity index (χ1n) is 7.97. The summed E-state index contributed by atoms with van der Waals surface area (Å²) in [6, 6.07) is 11.5. The standard InChI is InChI=1S/C18H21N3OS.ClH/c19-12-15-11-13(9-10-20-15)18(22)21-14-5-7-17(8-6-14)23-16-3-1-2-4-16;/h5-11,16H,1-4,12,19H2,(H,21,22);1H. The number of nitrogens with two attached hydrogens (primary N) is 1. The second kappa shape index (κ2) is 9.06. The zero-order valence-electron chi connectivity index (χ0n) is 13.4. The minimum absolute atomic E-state index is 0. The molecule has 0 saturated heterocycles. The normalized spacial score (nSPS) is 14.2. The maximum absolute atomic E-state index is 12.3. The van der Waals surface area contributed by atoms with Crippen LogP contribution in [0.1, 0.15) is 41.7 Å². The van der Waals surface area contributed by atoms with E-state index in [4.69, 9.17) is 5.73 Å². The third-order valence-electron chi connectivity index (χ3n) is 4.01. The van der Waals surface area contributed by atoms with Crippen molar-refractivity contribution in [1.82, 2.24) is 4.98 Å². The van der Waals surface area contributed by atoms with Gasteiger partial charge >= 0.3 is 0 Å². The summed E-state index contributed by atoms with van der Waals surface area (Å²) >= 11 is 1.95. The molecular formula is C18H22ClN3OS. The van der Waals surface area contributed by atoms with E-state index in [1.165, 1.54) is 30.6 Å². The Kier molecular flexibility index (Phi) is 7.09. The summed E-state index contributed by atoms with van der Waals surface area (Å²) in [4.78, 5) is 17.6. The molecule has 0 aliphatic heterocycles. The third kappa shape index (κ3) is 4.97. The van der Waals surface area contributed by atoms with Crippen molar-refractivity contribution in [1.29, 1.82) is 0 Å². The van der Waals surface area contributed by atoms with Gasteiger partial charge in [0.05, 0.1) is 5.69 Å². The van der Waals surface area contributed by atoms with Crippen LogP contribution in [0.15, 0.2) is 47.5 Å². The quantitative estimate of drug-likeness (QED) is 0.833. The van der Waals surface area contributed by atoms with E-state index in [1.807, 2.05) is 23.9 Å². The predicted molar refractivity (Wildman–Crippen MR) is 102 cm³/mol. The monoisotopic (exact) mass is 363 g/mol. The van der Waals surface area contributed by atoms with Crippen molar-refractivity contribution in [3.05, 3.63) is 53.9 Å². The number of carbonyl (C=O) groups is 1. The number of benzene rings is 1. The first kappa shape index (κ1) is 18.8. The second-order valence-electron chi connectivity index (χ2n) is 5.74. The molecule has 3 rings (SSSR count). The molecule has 1 amide bonds. The highest BCUT2D eigenvalue weighted by Gasteiger charge is 2.16. The minimum Gasteiger partial charge on any atom is -0.325 e. The smallest absolute Gasteiger partial charge is 0.255 e. The van der Waals surface area contributed by atoms with Crippen LogP contribution < -0.4 is 11.1 Å². The molecule has 6 heteroatoms. The largest absolute Gasteiger partial charge is 0.325 e. The van der Waals surface area contributed by atoms with Crippen LogP contribution in [0.3, 0.4) is 0 Å². The molecule has 3 N–H and O–H groups in total. The molecule has 0 radical (unpaired) electrons. The van der Waals surface area contributed by atoms with E-state index in [1.54, 1.807) is 18.3 Å². The number of nitrogens with zero attached hydrogens (tertiary/aromatic N) is 1. The molecule has 0 unspecified atom stereocenters. The van der Waals surface area contributed by atoms with Crippen molar-refractivity contribution in [3.63, 3.8) is 0 Å². The third-order valence-corrected chi connectivity index (χ3v) is 5.35. The Hall–Kier alpha value is -1.56. The molecule has 1 heterocycles. The fourth-order valence-electron chi connectivity index (χ4n) is 2.75. The Morgan fingerprint density at radius 2 is 1.92 bits per heavy atom. The summed E-state index contributed by atoms with van der Waals surface area (Å²) < 4.78 is 0. The van der Waals surface area contributed by atoms with E-state index in [9.17, 15) is 4.79 Å². The lowest BCUT2D eigenvalue weighted by Crippen LogP contribution is -2.13. The number of thioether (sulfide) groups is 1. The lowest BCUT2D eigenvalue weighted by molar-refractivity contribution is 0.102. The van der Waals surface area contributed by atoms with Gasteiger partial charge in [-0.3, -0.25) is 9.78 Å². The summed E-state index contributed by atoms with van der Waals surface area (Å²) in [6.07, 6.45) is 6.94. The number of hydrogen-bond donors (Lipinski definition) is 2. The fourth-order valence-corrected chi connectivity index (χ4v) is 4.00. The molecule has 0 bridgehead atoms. The zero-order valence-corrected chi connectivity index (χ0v) is 15.0. The van der Waals surface area contributed by atoms with Gasteiger partial charge in [-0.1, -0.05) is 12.8 Å². The maximum Gasteiger partial charge on any atom is 0.255 e.